The SMILES string of the molecule is CC(OCCN1C(=O)NC(C)(C)C1=O)C(=O)O. The number of urea groups is 1. The van der Waals surface area contributed by atoms with E-state index >= 15 is 0 Å². The summed E-state index contributed by atoms with van der Waals surface area (Å²) in [5, 5.41) is 11.1. The number of ether oxygens (including phenoxy) is 1. The summed E-state index contributed by atoms with van der Waals surface area (Å²) in [5.74, 6) is -1.42. The van der Waals surface area contributed by atoms with E-state index in [9.17, 15) is 14.4 Å². The van der Waals surface area contributed by atoms with E-state index in [1.165, 1.54) is 6.92 Å². The summed E-state index contributed by atoms with van der Waals surface area (Å²) in [6, 6.07) is -0.480. The third-order valence-electron chi connectivity index (χ3n) is 2.47. The van der Waals surface area contributed by atoms with Crippen LogP contribution in [0.25, 0.3) is 0 Å². The molecule has 1 fully saturated rings. The van der Waals surface area contributed by atoms with Crippen LogP contribution in [0.5, 0.6) is 0 Å². The molecule has 2 N–H and O–H groups in total. The molecule has 0 aliphatic carbocycles. The van der Waals surface area contributed by atoms with Gasteiger partial charge in [0.25, 0.3) is 5.91 Å². The van der Waals surface area contributed by atoms with Crippen LogP contribution >= 0.6 is 0 Å². The molecule has 0 spiro atoms. The number of imide groups is 1. The molecule has 0 saturated carbocycles. The van der Waals surface area contributed by atoms with Gasteiger partial charge in [0.15, 0.2) is 6.10 Å². The zero-order valence-corrected chi connectivity index (χ0v) is 10.0. The van der Waals surface area contributed by atoms with Gasteiger partial charge in [-0.1, -0.05) is 0 Å². The fourth-order valence-corrected chi connectivity index (χ4v) is 1.41. The lowest BCUT2D eigenvalue weighted by Crippen LogP contribution is -2.40. The summed E-state index contributed by atoms with van der Waals surface area (Å²) in [7, 11) is 0. The van der Waals surface area contributed by atoms with Gasteiger partial charge in [-0.05, 0) is 20.8 Å². The first-order chi connectivity index (χ1) is 7.75. The van der Waals surface area contributed by atoms with Crippen LogP contribution in [0.2, 0.25) is 0 Å². The van der Waals surface area contributed by atoms with Gasteiger partial charge in [0, 0.05) is 0 Å². The highest BCUT2D eigenvalue weighted by Gasteiger charge is 2.43. The van der Waals surface area contributed by atoms with Gasteiger partial charge >= 0.3 is 12.0 Å². The molecule has 0 aromatic rings. The van der Waals surface area contributed by atoms with E-state index in [1.807, 2.05) is 0 Å². The number of hydrogen-bond acceptors (Lipinski definition) is 4. The second-order valence-electron chi connectivity index (χ2n) is 4.36. The molecule has 0 aromatic heterocycles. The van der Waals surface area contributed by atoms with Crippen molar-refractivity contribution in [2.24, 2.45) is 0 Å². The zero-order valence-electron chi connectivity index (χ0n) is 10.0. The first kappa shape index (κ1) is 13.4. The molecule has 3 amide bonds. The molecule has 1 aliphatic rings. The number of carbonyl (C=O) groups is 3. The third kappa shape index (κ3) is 2.94. The summed E-state index contributed by atoms with van der Waals surface area (Å²) in [6.45, 7) is 4.65. The second kappa shape index (κ2) is 4.70. The van der Waals surface area contributed by atoms with Crippen molar-refractivity contribution in [1.29, 1.82) is 0 Å². The van der Waals surface area contributed by atoms with Crippen LogP contribution in [-0.4, -0.2) is 52.7 Å². The first-order valence-electron chi connectivity index (χ1n) is 5.24. The molecule has 96 valence electrons. The largest absolute Gasteiger partial charge is 0.479 e. The van der Waals surface area contributed by atoms with Gasteiger partial charge in [-0.2, -0.15) is 0 Å². The Bertz CT molecular complexity index is 353. The van der Waals surface area contributed by atoms with Crippen LogP contribution in [-0.2, 0) is 14.3 Å². The molecule has 1 unspecified atom stereocenters. The van der Waals surface area contributed by atoms with Crippen molar-refractivity contribution in [3.63, 3.8) is 0 Å². The molecule has 17 heavy (non-hydrogen) atoms. The number of hydrogen-bond donors (Lipinski definition) is 2. The minimum atomic E-state index is -1.08. The maximum absolute atomic E-state index is 11.7. The zero-order chi connectivity index (χ0) is 13.2. The smallest absolute Gasteiger partial charge is 0.332 e. The van der Waals surface area contributed by atoms with E-state index in [4.69, 9.17) is 9.84 Å². The average Bonchev–Trinajstić information content (AvgIpc) is 2.39. The van der Waals surface area contributed by atoms with Crippen molar-refractivity contribution in [2.45, 2.75) is 32.4 Å². The van der Waals surface area contributed by atoms with E-state index in [0.717, 1.165) is 4.90 Å². The standard InChI is InChI=1S/C10H16N2O5/c1-6(7(13)14)17-5-4-12-8(15)10(2,3)11-9(12)16/h6H,4-5H2,1-3H3,(H,11,16)(H,13,14). The van der Waals surface area contributed by atoms with E-state index in [0.29, 0.717) is 0 Å². The molecule has 1 aliphatic heterocycles. The van der Waals surface area contributed by atoms with E-state index in [2.05, 4.69) is 5.32 Å². The number of carboxylic acids is 1. The monoisotopic (exact) mass is 244 g/mol. The van der Waals surface area contributed by atoms with Crippen LogP contribution in [0.1, 0.15) is 20.8 Å². The molecular formula is C10H16N2O5. The van der Waals surface area contributed by atoms with Gasteiger partial charge in [-0.25, -0.2) is 9.59 Å². The molecule has 0 bridgehead atoms. The van der Waals surface area contributed by atoms with Gasteiger partial charge < -0.3 is 15.2 Å². The highest BCUT2D eigenvalue weighted by molar-refractivity contribution is 6.06. The quantitative estimate of drug-likeness (QED) is 0.653. The molecule has 0 radical (unpaired) electrons. The van der Waals surface area contributed by atoms with Crippen molar-refractivity contribution in [3.05, 3.63) is 0 Å². The Kier molecular flexibility index (Phi) is 3.72. The second-order valence-corrected chi connectivity index (χ2v) is 4.36. The number of carboxylic acid groups (broad SMARTS) is 1. The van der Waals surface area contributed by atoms with Gasteiger partial charge in [0.1, 0.15) is 5.54 Å². The predicted octanol–water partition coefficient (Wildman–Crippen LogP) is -0.194. The average molecular weight is 244 g/mol. The number of aliphatic carboxylic acids is 1. The fraction of sp³-hybridized carbons (Fsp3) is 0.700. The number of amides is 3. The van der Waals surface area contributed by atoms with Gasteiger partial charge in [0.05, 0.1) is 13.2 Å². The molecule has 7 heteroatoms. The predicted molar refractivity (Wildman–Crippen MR) is 57.4 cm³/mol. The normalized spacial score (nSPS) is 20.3. The highest BCUT2D eigenvalue weighted by atomic mass is 16.5. The molecular weight excluding hydrogens is 228 g/mol. The maximum atomic E-state index is 11.7. The van der Waals surface area contributed by atoms with Crippen molar-refractivity contribution in [2.75, 3.05) is 13.2 Å². The summed E-state index contributed by atoms with van der Waals surface area (Å²) in [6.07, 6.45) is -0.955. The molecule has 1 heterocycles. The first-order valence-corrected chi connectivity index (χ1v) is 5.24. The van der Waals surface area contributed by atoms with Gasteiger partial charge in [0.2, 0.25) is 0 Å². The van der Waals surface area contributed by atoms with Crippen LogP contribution in [0, 0.1) is 0 Å². The third-order valence-corrected chi connectivity index (χ3v) is 2.47. The lowest BCUT2D eigenvalue weighted by Gasteiger charge is -2.16. The Labute approximate surface area is 98.7 Å². The Morgan fingerprint density at radius 1 is 1.53 bits per heavy atom. The summed E-state index contributed by atoms with van der Waals surface area (Å²) >= 11 is 0. The minimum Gasteiger partial charge on any atom is -0.479 e. The van der Waals surface area contributed by atoms with Crippen molar-refractivity contribution in [1.82, 2.24) is 10.2 Å². The van der Waals surface area contributed by atoms with Crippen LogP contribution in [0.4, 0.5) is 4.79 Å². The topological polar surface area (TPSA) is 95.9 Å². The van der Waals surface area contributed by atoms with E-state index in [-0.39, 0.29) is 19.1 Å². The molecule has 1 rings (SSSR count). The van der Waals surface area contributed by atoms with Crippen LogP contribution in [0.3, 0.4) is 0 Å². The summed E-state index contributed by atoms with van der Waals surface area (Å²) in [4.78, 5) is 34.6. The number of nitrogens with zero attached hydrogens (tertiary/aromatic N) is 1. The van der Waals surface area contributed by atoms with Gasteiger partial charge in [-0.15, -0.1) is 0 Å². The molecule has 7 nitrogen and oxygen atoms in total. The Balaban J connectivity index is 2.46. The number of rotatable bonds is 5. The molecule has 1 atom stereocenters. The molecule has 0 aromatic carbocycles. The van der Waals surface area contributed by atoms with Crippen molar-refractivity contribution in [3.8, 4) is 0 Å². The van der Waals surface area contributed by atoms with E-state index in [1.54, 1.807) is 13.8 Å². The summed E-state index contributed by atoms with van der Waals surface area (Å²) < 4.78 is 4.96. The lowest BCUT2D eigenvalue weighted by atomic mass is 10.1. The van der Waals surface area contributed by atoms with Crippen LogP contribution < -0.4 is 5.32 Å². The fourth-order valence-electron chi connectivity index (χ4n) is 1.41. The van der Waals surface area contributed by atoms with Crippen LogP contribution in [0.15, 0.2) is 0 Å². The number of nitrogens with one attached hydrogen (secondary N) is 1. The minimum absolute atomic E-state index is 0.00269. The molecule has 1 saturated heterocycles. The number of carbonyl (C=O) groups excluding carboxylic acids is 2. The van der Waals surface area contributed by atoms with Crippen molar-refractivity contribution < 1.29 is 24.2 Å². The van der Waals surface area contributed by atoms with Gasteiger partial charge in [-0.3, -0.25) is 9.69 Å². The Morgan fingerprint density at radius 2 is 2.12 bits per heavy atom. The highest BCUT2D eigenvalue weighted by Crippen LogP contribution is 2.15. The Morgan fingerprint density at radius 3 is 2.53 bits per heavy atom. The summed E-state index contributed by atoms with van der Waals surface area (Å²) in [5.41, 5.74) is -0.907. The van der Waals surface area contributed by atoms with Crippen molar-refractivity contribution >= 4 is 17.9 Å². The Hall–Kier alpha value is -1.63. The maximum Gasteiger partial charge on any atom is 0.332 e. The lowest BCUT2D eigenvalue weighted by molar-refractivity contribution is -0.149. The van der Waals surface area contributed by atoms with E-state index < -0.39 is 23.6 Å².